The summed E-state index contributed by atoms with van der Waals surface area (Å²) in [6.45, 7) is 12.7. The molecule has 0 heterocycles. The standard InChI is InChI=1S/C17H29NO2/c1-6-16(18-7-2)14-8-10-15(11-9-14)19-12-13-20-17(3,4)5/h8-11,16,18H,6-7,12-13H2,1-5H3. The van der Waals surface area contributed by atoms with Gasteiger partial charge in [-0.25, -0.2) is 0 Å². The maximum absolute atomic E-state index is 5.68. The van der Waals surface area contributed by atoms with E-state index < -0.39 is 0 Å². The lowest BCUT2D eigenvalue weighted by molar-refractivity contribution is -0.0163. The lowest BCUT2D eigenvalue weighted by Crippen LogP contribution is -2.22. The summed E-state index contributed by atoms with van der Waals surface area (Å²) in [7, 11) is 0. The van der Waals surface area contributed by atoms with Crippen LogP contribution in [-0.2, 0) is 4.74 Å². The van der Waals surface area contributed by atoms with Crippen LogP contribution in [0, 0.1) is 0 Å². The molecule has 1 rings (SSSR count). The third-order valence-electron chi connectivity index (χ3n) is 3.03. The predicted octanol–water partition coefficient (Wildman–Crippen LogP) is 3.94. The Balaban J connectivity index is 2.42. The van der Waals surface area contributed by atoms with Crippen LogP contribution in [0.2, 0.25) is 0 Å². The van der Waals surface area contributed by atoms with Crippen molar-refractivity contribution in [2.75, 3.05) is 19.8 Å². The van der Waals surface area contributed by atoms with Crippen LogP contribution in [0.15, 0.2) is 24.3 Å². The highest BCUT2D eigenvalue weighted by molar-refractivity contribution is 5.29. The average molecular weight is 279 g/mol. The van der Waals surface area contributed by atoms with Crippen molar-refractivity contribution in [2.24, 2.45) is 0 Å². The Morgan fingerprint density at radius 1 is 1.05 bits per heavy atom. The maximum atomic E-state index is 5.68. The Labute approximate surface area is 123 Å². The quantitative estimate of drug-likeness (QED) is 0.731. The van der Waals surface area contributed by atoms with Crippen LogP contribution in [0.4, 0.5) is 0 Å². The molecule has 0 spiro atoms. The van der Waals surface area contributed by atoms with Crippen LogP contribution >= 0.6 is 0 Å². The summed E-state index contributed by atoms with van der Waals surface area (Å²) in [6, 6.07) is 8.77. The van der Waals surface area contributed by atoms with Gasteiger partial charge >= 0.3 is 0 Å². The molecule has 114 valence electrons. The van der Waals surface area contributed by atoms with Crippen molar-refractivity contribution in [1.82, 2.24) is 5.32 Å². The van der Waals surface area contributed by atoms with Crippen molar-refractivity contribution in [3.8, 4) is 5.75 Å². The molecular formula is C17H29NO2. The Kier molecular flexibility index (Phi) is 7.03. The van der Waals surface area contributed by atoms with Crippen molar-refractivity contribution >= 4 is 0 Å². The molecule has 0 bridgehead atoms. The van der Waals surface area contributed by atoms with Crippen LogP contribution in [0.3, 0.4) is 0 Å². The van der Waals surface area contributed by atoms with E-state index in [4.69, 9.17) is 9.47 Å². The van der Waals surface area contributed by atoms with E-state index in [9.17, 15) is 0 Å². The summed E-state index contributed by atoms with van der Waals surface area (Å²) in [5.74, 6) is 0.901. The summed E-state index contributed by atoms with van der Waals surface area (Å²) in [6.07, 6.45) is 1.09. The number of rotatable bonds is 8. The van der Waals surface area contributed by atoms with Crippen molar-refractivity contribution in [3.05, 3.63) is 29.8 Å². The first-order chi connectivity index (χ1) is 9.46. The van der Waals surface area contributed by atoms with Gasteiger partial charge in [0.2, 0.25) is 0 Å². The van der Waals surface area contributed by atoms with Gasteiger partial charge in [-0.15, -0.1) is 0 Å². The van der Waals surface area contributed by atoms with Crippen molar-refractivity contribution in [1.29, 1.82) is 0 Å². The Hall–Kier alpha value is -1.06. The highest BCUT2D eigenvalue weighted by atomic mass is 16.5. The molecule has 0 saturated heterocycles. The molecule has 0 radical (unpaired) electrons. The largest absolute Gasteiger partial charge is 0.491 e. The van der Waals surface area contributed by atoms with E-state index in [0.29, 0.717) is 19.3 Å². The first-order valence-electron chi connectivity index (χ1n) is 7.56. The van der Waals surface area contributed by atoms with E-state index in [-0.39, 0.29) is 5.60 Å². The average Bonchev–Trinajstić information content (AvgIpc) is 2.41. The minimum atomic E-state index is -0.104. The molecule has 0 aliphatic carbocycles. The molecule has 0 amide bonds. The SMILES string of the molecule is CCNC(CC)c1ccc(OCCOC(C)(C)C)cc1. The fourth-order valence-electron chi connectivity index (χ4n) is 2.05. The molecule has 3 nitrogen and oxygen atoms in total. The zero-order valence-electron chi connectivity index (χ0n) is 13.5. The lowest BCUT2D eigenvalue weighted by atomic mass is 10.0. The van der Waals surface area contributed by atoms with Gasteiger partial charge in [0.05, 0.1) is 12.2 Å². The summed E-state index contributed by atoms with van der Waals surface area (Å²) in [5, 5.41) is 3.48. The zero-order chi connectivity index (χ0) is 15.0. The van der Waals surface area contributed by atoms with Crippen LogP contribution in [-0.4, -0.2) is 25.4 Å². The van der Waals surface area contributed by atoms with Gasteiger partial charge in [-0.05, 0) is 51.4 Å². The summed E-state index contributed by atoms with van der Waals surface area (Å²) < 4.78 is 11.3. The maximum Gasteiger partial charge on any atom is 0.119 e. The molecule has 1 unspecified atom stereocenters. The van der Waals surface area contributed by atoms with E-state index in [1.165, 1.54) is 5.56 Å². The van der Waals surface area contributed by atoms with E-state index >= 15 is 0 Å². The first-order valence-corrected chi connectivity index (χ1v) is 7.56. The molecule has 0 saturated carbocycles. The van der Waals surface area contributed by atoms with Crippen molar-refractivity contribution in [2.45, 2.75) is 52.7 Å². The van der Waals surface area contributed by atoms with E-state index in [0.717, 1.165) is 18.7 Å². The van der Waals surface area contributed by atoms with Crippen LogP contribution in [0.25, 0.3) is 0 Å². The second kappa shape index (κ2) is 8.28. The zero-order valence-corrected chi connectivity index (χ0v) is 13.5. The monoisotopic (exact) mass is 279 g/mol. The molecule has 1 aromatic carbocycles. The van der Waals surface area contributed by atoms with Gasteiger partial charge in [-0.2, -0.15) is 0 Å². The van der Waals surface area contributed by atoms with E-state index in [1.54, 1.807) is 0 Å². The van der Waals surface area contributed by atoms with Gasteiger partial charge in [0.1, 0.15) is 12.4 Å². The van der Waals surface area contributed by atoms with Gasteiger partial charge in [0, 0.05) is 6.04 Å². The molecule has 0 fully saturated rings. The highest BCUT2D eigenvalue weighted by Gasteiger charge is 2.10. The number of hydrogen-bond donors (Lipinski definition) is 1. The van der Waals surface area contributed by atoms with Crippen LogP contribution < -0.4 is 10.1 Å². The Morgan fingerprint density at radius 2 is 1.70 bits per heavy atom. The first kappa shape index (κ1) is 17.0. The predicted molar refractivity (Wildman–Crippen MR) is 84.4 cm³/mol. The second-order valence-corrected chi connectivity index (χ2v) is 5.90. The summed E-state index contributed by atoms with van der Waals surface area (Å²) in [4.78, 5) is 0. The fourth-order valence-corrected chi connectivity index (χ4v) is 2.05. The fraction of sp³-hybridized carbons (Fsp3) is 0.647. The highest BCUT2D eigenvalue weighted by Crippen LogP contribution is 2.20. The topological polar surface area (TPSA) is 30.5 Å². The van der Waals surface area contributed by atoms with E-state index in [2.05, 4.69) is 31.3 Å². The van der Waals surface area contributed by atoms with Gasteiger partial charge in [0.25, 0.3) is 0 Å². The van der Waals surface area contributed by atoms with Crippen molar-refractivity contribution in [3.63, 3.8) is 0 Å². The minimum absolute atomic E-state index is 0.104. The molecule has 20 heavy (non-hydrogen) atoms. The molecule has 1 atom stereocenters. The van der Waals surface area contributed by atoms with Gasteiger partial charge in [0.15, 0.2) is 0 Å². The Bertz CT molecular complexity index is 368. The second-order valence-electron chi connectivity index (χ2n) is 5.90. The third-order valence-corrected chi connectivity index (χ3v) is 3.03. The molecular weight excluding hydrogens is 250 g/mol. The molecule has 0 aliphatic heterocycles. The summed E-state index contributed by atoms with van der Waals surface area (Å²) in [5.41, 5.74) is 1.21. The van der Waals surface area contributed by atoms with Gasteiger partial charge < -0.3 is 14.8 Å². The van der Waals surface area contributed by atoms with Gasteiger partial charge in [-0.3, -0.25) is 0 Å². The van der Waals surface area contributed by atoms with Crippen molar-refractivity contribution < 1.29 is 9.47 Å². The normalized spacial score (nSPS) is 13.2. The van der Waals surface area contributed by atoms with Gasteiger partial charge in [-0.1, -0.05) is 26.0 Å². The molecule has 1 N–H and O–H groups in total. The number of nitrogens with one attached hydrogen (secondary N) is 1. The molecule has 3 heteroatoms. The molecule has 0 aliphatic rings. The lowest BCUT2D eigenvalue weighted by Gasteiger charge is -2.20. The van der Waals surface area contributed by atoms with Crippen LogP contribution in [0.1, 0.15) is 52.6 Å². The molecule has 1 aromatic rings. The smallest absolute Gasteiger partial charge is 0.119 e. The van der Waals surface area contributed by atoms with E-state index in [1.807, 2.05) is 32.9 Å². The summed E-state index contributed by atoms with van der Waals surface area (Å²) >= 11 is 0. The van der Waals surface area contributed by atoms with Crippen LogP contribution in [0.5, 0.6) is 5.75 Å². The number of hydrogen-bond acceptors (Lipinski definition) is 3. The Morgan fingerprint density at radius 3 is 2.20 bits per heavy atom. The third kappa shape index (κ3) is 6.40. The molecule has 0 aromatic heterocycles. The number of ether oxygens (including phenoxy) is 2. The number of benzene rings is 1. The minimum Gasteiger partial charge on any atom is -0.491 e.